The summed E-state index contributed by atoms with van der Waals surface area (Å²) in [5.41, 5.74) is 16.5. The molecule has 0 aromatic heterocycles. The predicted octanol–water partition coefficient (Wildman–Crippen LogP) is 1.52. The largest absolute Gasteiger partial charge is 0.371 e. The molecule has 0 heterocycles. The van der Waals surface area contributed by atoms with Crippen molar-refractivity contribution >= 4 is 17.9 Å². The van der Waals surface area contributed by atoms with Gasteiger partial charge in [-0.1, -0.05) is 60.7 Å². The van der Waals surface area contributed by atoms with Crippen LogP contribution in [0.1, 0.15) is 18.1 Å². The molecule has 0 aliphatic rings. The molecule has 1 amide bonds. The Kier molecular flexibility index (Phi) is 8.24. The summed E-state index contributed by atoms with van der Waals surface area (Å²) in [6, 6.07) is 17.0. The topological polar surface area (TPSA) is 118 Å². The van der Waals surface area contributed by atoms with Gasteiger partial charge in [-0.25, -0.2) is 0 Å². The van der Waals surface area contributed by atoms with E-state index < -0.39 is 29.9 Å². The Hall–Kier alpha value is -3.12. The van der Waals surface area contributed by atoms with Gasteiger partial charge < -0.3 is 21.3 Å². The van der Waals surface area contributed by atoms with E-state index in [1.54, 1.807) is 6.92 Å². The number of hydrogen-bond acceptors (Lipinski definition) is 4. The second-order valence-electron chi connectivity index (χ2n) is 6.43. The second kappa shape index (κ2) is 10.9. The minimum atomic E-state index is -1.02. The van der Waals surface area contributed by atoms with Crippen LogP contribution in [0.25, 0.3) is 5.53 Å². The number of carbonyl (C=O) groups excluding carboxylic acids is 2. The summed E-state index contributed by atoms with van der Waals surface area (Å²) >= 11 is 0. The van der Waals surface area contributed by atoms with Gasteiger partial charge in [0.2, 0.25) is 5.91 Å². The van der Waals surface area contributed by atoms with Crippen molar-refractivity contribution in [2.75, 3.05) is 0 Å². The van der Waals surface area contributed by atoms with Crippen LogP contribution in [-0.2, 0) is 27.4 Å². The molecular formula is C21H24N4O3. The number of nitrogens with two attached hydrogens (primary N) is 1. The summed E-state index contributed by atoms with van der Waals surface area (Å²) in [6.45, 7) is 1.94. The zero-order chi connectivity index (χ0) is 20.4. The molecule has 0 aliphatic carbocycles. The number of nitrogens with zero attached hydrogens (tertiary/aromatic N) is 2. The highest BCUT2D eigenvalue weighted by Crippen LogP contribution is 2.08. The number of Topliss-reactive ketones (excluding diaryl/α,β-unsaturated/α-hetero) is 1. The number of benzene rings is 2. The molecule has 0 bridgehead atoms. The van der Waals surface area contributed by atoms with Crippen LogP contribution in [0.4, 0.5) is 0 Å². The zero-order valence-corrected chi connectivity index (χ0v) is 15.7. The maximum atomic E-state index is 12.5. The minimum Gasteiger partial charge on any atom is -0.371 e. The molecule has 0 saturated heterocycles. The Morgan fingerprint density at radius 3 is 2.25 bits per heavy atom. The third-order valence-electron chi connectivity index (χ3n) is 4.25. The molecule has 3 atom stereocenters. The molecule has 0 radical (unpaired) electrons. The summed E-state index contributed by atoms with van der Waals surface area (Å²) in [4.78, 5) is 27.5. The lowest BCUT2D eigenvalue weighted by atomic mass is 10.0. The van der Waals surface area contributed by atoms with Crippen molar-refractivity contribution in [2.45, 2.75) is 38.1 Å². The van der Waals surface area contributed by atoms with E-state index in [-0.39, 0.29) is 6.61 Å². The van der Waals surface area contributed by atoms with Crippen LogP contribution in [0.2, 0.25) is 0 Å². The number of amides is 1. The standard InChI is InChI=1S/C21H24N4O3/c1-15(28-14-17-10-6-3-7-11-17)20(19(26)13-24-23)25-21(27)18(22)12-16-8-4-2-5-9-16/h2-11,13,15,18,20H,12,14,22H2,1H3,(H,25,27)/t15-,18+,20+/m1/s1. The van der Waals surface area contributed by atoms with E-state index >= 15 is 0 Å². The number of hydrogen-bond donors (Lipinski definition) is 2. The molecule has 3 N–H and O–H groups in total. The van der Waals surface area contributed by atoms with E-state index in [9.17, 15) is 9.59 Å². The molecule has 2 aromatic carbocycles. The quantitative estimate of drug-likeness (QED) is 0.369. The predicted molar refractivity (Wildman–Crippen MR) is 105 cm³/mol. The first-order chi connectivity index (χ1) is 13.5. The van der Waals surface area contributed by atoms with E-state index in [1.165, 1.54) is 0 Å². The summed E-state index contributed by atoms with van der Waals surface area (Å²) in [7, 11) is 0. The van der Waals surface area contributed by atoms with Crippen LogP contribution in [0.5, 0.6) is 0 Å². The highest BCUT2D eigenvalue weighted by molar-refractivity contribution is 6.28. The fourth-order valence-corrected chi connectivity index (χ4v) is 2.68. The van der Waals surface area contributed by atoms with Gasteiger partial charge in [-0.3, -0.25) is 9.59 Å². The van der Waals surface area contributed by atoms with Gasteiger partial charge in [-0.15, -0.1) is 0 Å². The maximum absolute atomic E-state index is 12.5. The third-order valence-corrected chi connectivity index (χ3v) is 4.25. The van der Waals surface area contributed by atoms with Crippen molar-refractivity contribution in [3.8, 4) is 0 Å². The molecule has 0 aliphatic heterocycles. The Morgan fingerprint density at radius 1 is 1.11 bits per heavy atom. The number of carbonyl (C=O) groups is 2. The Bertz CT molecular complexity index is 820. The molecule has 0 unspecified atom stereocenters. The number of ketones is 1. The minimum absolute atomic E-state index is 0.272. The first-order valence-electron chi connectivity index (χ1n) is 8.98. The fraction of sp³-hybridized carbons (Fsp3) is 0.286. The van der Waals surface area contributed by atoms with Crippen LogP contribution in [0, 0.1) is 0 Å². The van der Waals surface area contributed by atoms with E-state index in [0.29, 0.717) is 6.42 Å². The Morgan fingerprint density at radius 2 is 1.68 bits per heavy atom. The van der Waals surface area contributed by atoms with Gasteiger partial charge in [0.1, 0.15) is 6.04 Å². The molecule has 0 fully saturated rings. The van der Waals surface area contributed by atoms with E-state index in [0.717, 1.165) is 17.3 Å². The van der Waals surface area contributed by atoms with Gasteiger partial charge in [0.25, 0.3) is 5.78 Å². The van der Waals surface area contributed by atoms with Crippen molar-refractivity contribution in [2.24, 2.45) is 5.73 Å². The number of nitrogens with one attached hydrogen (secondary N) is 1. The van der Waals surface area contributed by atoms with Gasteiger partial charge in [-0.2, -0.15) is 4.79 Å². The van der Waals surface area contributed by atoms with Crippen molar-refractivity contribution in [3.05, 3.63) is 77.3 Å². The lowest BCUT2D eigenvalue weighted by Gasteiger charge is -2.24. The lowest BCUT2D eigenvalue weighted by Crippen LogP contribution is -2.54. The van der Waals surface area contributed by atoms with Crippen molar-refractivity contribution < 1.29 is 19.1 Å². The SMILES string of the molecule is C[C@@H](OCc1ccccc1)[C@H](NC(=O)[C@@H](N)Cc1ccccc1)C(=O)C=[N+]=[N-]. The average molecular weight is 380 g/mol. The number of ether oxygens (including phenoxy) is 1. The third kappa shape index (κ3) is 6.55. The second-order valence-corrected chi connectivity index (χ2v) is 6.43. The fourth-order valence-electron chi connectivity index (χ4n) is 2.68. The van der Waals surface area contributed by atoms with E-state index in [4.69, 9.17) is 16.0 Å². The van der Waals surface area contributed by atoms with Crippen molar-refractivity contribution in [1.82, 2.24) is 5.32 Å². The summed E-state index contributed by atoms with van der Waals surface area (Å²) in [5.74, 6) is -1.06. The Balaban J connectivity index is 2.01. The van der Waals surface area contributed by atoms with Crippen LogP contribution in [0.3, 0.4) is 0 Å². The molecule has 2 aromatic rings. The first-order valence-corrected chi connectivity index (χ1v) is 8.98. The average Bonchev–Trinajstić information content (AvgIpc) is 2.71. The number of rotatable bonds is 10. The lowest BCUT2D eigenvalue weighted by molar-refractivity contribution is -0.130. The van der Waals surface area contributed by atoms with E-state index in [2.05, 4.69) is 10.1 Å². The van der Waals surface area contributed by atoms with E-state index in [1.807, 2.05) is 60.7 Å². The summed E-state index contributed by atoms with van der Waals surface area (Å²) in [5, 5.41) is 2.62. The zero-order valence-electron chi connectivity index (χ0n) is 15.7. The first kappa shape index (κ1) is 21.2. The maximum Gasteiger partial charge on any atom is 0.325 e. The van der Waals surface area contributed by atoms with Crippen LogP contribution >= 0.6 is 0 Å². The molecule has 146 valence electrons. The highest BCUT2D eigenvalue weighted by Gasteiger charge is 2.30. The van der Waals surface area contributed by atoms with Gasteiger partial charge in [0, 0.05) is 0 Å². The van der Waals surface area contributed by atoms with Crippen LogP contribution < -0.4 is 11.1 Å². The Labute approximate surface area is 164 Å². The normalized spacial score (nSPS) is 13.6. The van der Waals surface area contributed by atoms with Gasteiger partial charge >= 0.3 is 6.21 Å². The van der Waals surface area contributed by atoms with Crippen molar-refractivity contribution in [3.63, 3.8) is 0 Å². The highest BCUT2D eigenvalue weighted by atomic mass is 16.5. The van der Waals surface area contributed by atoms with Gasteiger partial charge in [0.05, 0.1) is 18.8 Å². The molecule has 0 spiro atoms. The van der Waals surface area contributed by atoms with Gasteiger partial charge in [0.15, 0.2) is 0 Å². The summed E-state index contributed by atoms with van der Waals surface area (Å²) < 4.78 is 5.74. The monoisotopic (exact) mass is 380 g/mol. The van der Waals surface area contributed by atoms with Crippen LogP contribution in [0.15, 0.2) is 60.7 Å². The smallest absolute Gasteiger partial charge is 0.325 e. The summed E-state index contributed by atoms with van der Waals surface area (Å²) in [6.07, 6.45) is 0.426. The molecule has 7 heteroatoms. The molecule has 7 nitrogen and oxygen atoms in total. The van der Waals surface area contributed by atoms with Gasteiger partial charge in [-0.05, 0) is 24.5 Å². The molecule has 28 heavy (non-hydrogen) atoms. The molecule has 2 rings (SSSR count). The van der Waals surface area contributed by atoms with Crippen molar-refractivity contribution in [1.29, 1.82) is 0 Å². The molecular weight excluding hydrogens is 356 g/mol. The van der Waals surface area contributed by atoms with Crippen LogP contribution in [-0.4, -0.2) is 40.9 Å². The molecule has 0 saturated carbocycles.